The van der Waals surface area contributed by atoms with Crippen molar-refractivity contribution in [2.24, 2.45) is 0 Å². The topological polar surface area (TPSA) is 92.8 Å². The third-order valence-electron chi connectivity index (χ3n) is 6.04. The first-order valence-electron chi connectivity index (χ1n) is 11.4. The van der Waals surface area contributed by atoms with Crippen LogP contribution in [0.4, 0.5) is 0 Å². The van der Waals surface area contributed by atoms with Gasteiger partial charge < -0.3 is 10.1 Å². The molecule has 8 heteroatoms. The van der Waals surface area contributed by atoms with E-state index in [9.17, 15) is 18.0 Å². The fourth-order valence-corrected chi connectivity index (χ4v) is 6.00. The predicted molar refractivity (Wildman–Crippen MR) is 130 cm³/mol. The van der Waals surface area contributed by atoms with Gasteiger partial charge in [0.25, 0.3) is 5.91 Å². The number of carbonyl (C=O) groups excluding carboxylic acids is 2. The molecule has 0 aliphatic carbocycles. The summed E-state index contributed by atoms with van der Waals surface area (Å²) < 4.78 is 32.8. The molecule has 1 unspecified atom stereocenters. The second kappa shape index (κ2) is 10.4. The zero-order chi connectivity index (χ0) is 24.1. The number of nitrogens with one attached hydrogen (secondary N) is 1. The van der Waals surface area contributed by atoms with E-state index in [4.69, 9.17) is 4.74 Å². The lowest BCUT2D eigenvalue weighted by Gasteiger charge is -2.26. The van der Waals surface area contributed by atoms with E-state index in [2.05, 4.69) is 5.32 Å². The Morgan fingerprint density at radius 1 is 0.941 bits per heavy atom. The number of carbonyl (C=O) groups is 2. The third kappa shape index (κ3) is 5.13. The molecule has 178 valence electrons. The Balaban J connectivity index is 1.42. The number of hydrogen-bond donors (Lipinski definition) is 1. The van der Waals surface area contributed by atoms with Crippen molar-refractivity contribution in [2.45, 2.75) is 37.1 Å². The van der Waals surface area contributed by atoms with Crippen LogP contribution in [0, 0.1) is 0 Å². The van der Waals surface area contributed by atoms with E-state index in [1.807, 2.05) is 49.4 Å². The molecule has 3 aromatic carbocycles. The number of fused-ring (bicyclic) bond motifs is 1. The largest absolute Gasteiger partial charge is 0.452 e. The van der Waals surface area contributed by atoms with Crippen molar-refractivity contribution < 1.29 is 22.7 Å². The summed E-state index contributed by atoms with van der Waals surface area (Å²) in [6.45, 7) is 2.22. The van der Waals surface area contributed by atoms with Crippen molar-refractivity contribution in [3.05, 3.63) is 77.9 Å². The van der Waals surface area contributed by atoms with Gasteiger partial charge in [-0.15, -0.1) is 0 Å². The Morgan fingerprint density at radius 3 is 2.41 bits per heavy atom. The number of nitrogens with zero attached hydrogens (tertiary/aromatic N) is 1. The van der Waals surface area contributed by atoms with Crippen LogP contribution in [-0.2, 0) is 19.6 Å². The Bertz CT molecular complexity index is 1290. The lowest BCUT2D eigenvalue weighted by Crippen LogP contribution is -2.36. The van der Waals surface area contributed by atoms with Gasteiger partial charge in [0.1, 0.15) is 0 Å². The van der Waals surface area contributed by atoms with Crippen LogP contribution in [0.5, 0.6) is 0 Å². The van der Waals surface area contributed by atoms with Crippen LogP contribution in [0.3, 0.4) is 0 Å². The minimum Gasteiger partial charge on any atom is -0.452 e. The molecular formula is C26H28N2O5S. The van der Waals surface area contributed by atoms with Crippen LogP contribution >= 0.6 is 0 Å². The van der Waals surface area contributed by atoms with E-state index in [-0.39, 0.29) is 16.5 Å². The monoisotopic (exact) mass is 480 g/mol. The minimum atomic E-state index is -3.82. The Hall–Kier alpha value is -3.23. The minimum absolute atomic E-state index is 0.0667. The maximum atomic E-state index is 13.1. The molecule has 1 saturated heterocycles. The predicted octanol–water partition coefficient (Wildman–Crippen LogP) is 4.05. The van der Waals surface area contributed by atoms with Crippen molar-refractivity contribution >= 4 is 32.7 Å². The smallest absolute Gasteiger partial charge is 0.340 e. The van der Waals surface area contributed by atoms with E-state index in [1.165, 1.54) is 16.4 Å². The van der Waals surface area contributed by atoms with Crippen molar-refractivity contribution in [2.75, 3.05) is 19.7 Å². The SMILES string of the molecule is CC(NC(=O)COC(=O)c1ccccc1S(=O)(=O)N1CCCCC1)c1cccc2ccccc12. The fourth-order valence-electron chi connectivity index (χ4n) is 4.30. The molecule has 1 aliphatic heterocycles. The standard InChI is InChI=1S/C26H28N2O5S/c1-19(21-14-9-11-20-10-3-4-12-22(20)21)27-25(29)18-33-26(30)23-13-5-6-15-24(23)34(31,32)28-16-7-2-8-17-28/h3-6,9-15,19H,2,7-8,16-18H2,1H3,(H,27,29). The molecular weight excluding hydrogens is 452 g/mol. The highest BCUT2D eigenvalue weighted by molar-refractivity contribution is 7.89. The van der Waals surface area contributed by atoms with Crippen LogP contribution in [0.1, 0.15) is 48.1 Å². The summed E-state index contributed by atoms with van der Waals surface area (Å²) in [4.78, 5) is 25.2. The van der Waals surface area contributed by atoms with Crippen molar-refractivity contribution in [3.8, 4) is 0 Å². The quantitative estimate of drug-likeness (QED) is 0.515. The highest BCUT2D eigenvalue weighted by Gasteiger charge is 2.30. The number of benzene rings is 3. The van der Waals surface area contributed by atoms with Gasteiger partial charge in [0.15, 0.2) is 6.61 Å². The summed E-state index contributed by atoms with van der Waals surface area (Å²) in [6, 6.07) is 19.4. The Morgan fingerprint density at radius 2 is 1.62 bits per heavy atom. The van der Waals surface area contributed by atoms with E-state index in [0.29, 0.717) is 13.1 Å². The summed E-state index contributed by atoms with van der Waals surface area (Å²) >= 11 is 0. The lowest BCUT2D eigenvalue weighted by molar-refractivity contribution is -0.124. The van der Waals surface area contributed by atoms with Gasteiger partial charge in [-0.3, -0.25) is 4.79 Å². The van der Waals surface area contributed by atoms with Gasteiger partial charge in [-0.25, -0.2) is 13.2 Å². The molecule has 1 atom stereocenters. The molecule has 34 heavy (non-hydrogen) atoms. The van der Waals surface area contributed by atoms with Crippen molar-refractivity contribution in [3.63, 3.8) is 0 Å². The third-order valence-corrected chi connectivity index (χ3v) is 8.00. The Labute approximate surface area is 199 Å². The van der Waals surface area contributed by atoms with E-state index in [0.717, 1.165) is 35.6 Å². The van der Waals surface area contributed by atoms with Crippen molar-refractivity contribution in [1.82, 2.24) is 9.62 Å². The molecule has 7 nitrogen and oxygen atoms in total. The van der Waals surface area contributed by atoms with Crippen LogP contribution in [0.2, 0.25) is 0 Å². The molecule has 1 aliphatic rings. The zero-order valence-corrected chi connectivity index (χ0v) is 19.9. The van der Waals surface area contributed by atoms with E-state index >= 15 is 0 Å². The first-order valence-corrected chi connectivity index (χ1v) is 12.9. The summed E-state index contributed by atoms with van der Waals surface area (Å²) in [5.41, 5.74) is 0.888. The lowest BCUT2D eigenvalue weighted by atomic mass is 10.00. The molecule has 4 rings (SSSR count). The summed E-state index contributed by atoms with van der Waals surface area (Å²) in [5.74, 6) is -1.31. The van der Waals surface area contributed by atoms with E-state index < -0.39 is 28.5 Å². The molecule has 1 heterocycles. The van der Waals surface area contributed by atoms with E-state index in [1.54, 1.807) is 12.1 Å². The second-order valence-corrected chi connectivity index (χ2v) is 10.3. The number of ether oxygens (including phenoxy) is 1. The van der Waals surface area contributed by atoms with Gasteiger partial charge in [-0.05, 0) is 48.2 Å². The molecule has 3 aromatic rings. The molecule has 0 radical (unpaired) electrons. The van der Waals surface area contributed by atoms with Gasteiger partial charge in [-0.1, -0.05) is 61.0 Å². The molecule has 0 aromatic heterocycles. The molecule has 0 saturated carbocycles. The van der Waals surface area contributed by atoms with Crippen LogP contribution in [0.25, 0.3) is 10.8 Å². The van der Waals surface area contributed by atoms with Gasteiger partial charge in [0.05, 0.1) is 16.5 Å². The molecule has 0 bridgehead atoms. The number of sulfonamides is 1. The molecule has 0 spiro atoms. The molecule has 1 fully saturated rings. The van der Waals surface area contributed by atoms with Crippen LogP contribution < -0.4 is 5.32 Å². The number of rotatable bonds is 7. The van der Waals surface area contributed by atoms with Gasteiger partial charge in [0, 0.05) is 13.1 Å². The van der Waals surface area contributed by atoms with Crippen molar-refractivity contribution in [1.29, 1.82) is 0 Å². The second-order valence-electron chi connectivity index (χ2n) is 8.39. The maximum absolute atomic E-state index is 13.1. The Kier molecular flexibility index (Phi) is 7.29. The maximum Gasteiger partial charge on any atom is 0.340 e. The molecule has 1 amide bonds. The zero-order valence-electron chi connectivity index (χ0n) is 19.1. The highest BCUT2D eigenvalue weighted by Crippen LogP contribution is 2.25. The van der Waals surface area contributed by atoms with Gasteiger partial charge >= 0.3 is 5.97 Å². The summed E-state index contributed by atoms with van der Waals surface area (Å²) in [7, 11) is -3.82. The highest BCUT2D eigenvalue weighted by atomic mass is 32.2. The average molecular weight is 481 g/mol. The first-order chi connectivity index (χ1) is 16.4. The normalized spacial score (nSPS) is 15.6. The van der Waals surface area contributed by atoms with Crippen LogP contribution in [-0.4, -0.2) is 44.3 Å². The number of esters is 1. The average Bonchev–Trinajstić information content (AvgIpc) is 2.87. The van der Waals surface area contributed by atoms with Gasteiger partial charge in [0.2, 0.25) is 10.0 Å². The van der Waals surface area contributed by atoms with Crippen LogP contribution in [0.15, 0.2) is 71.6 Å². The van der Waals surface area contributed by atoms with Gasteiger partial charge in [-0.2, -0.15) is 4.31 Å². The fraction of sp³-hybridized carbons (Fsp3) is 0.308. The number of amides is 1. The molecule has 1 N–H and O–H groups in total. The summed E-state index contributed by atoms with van der Waals surface area (Å²) in [6.07, 6.45) is 2.57. The summed E-state index contributed by atoms with van der Waals surface area (Å²) in [5, 5.41) is 4.95. The first kappa shape index (κ1) is 23.9. The number of piperidine rings is 1. The number of hydrogen-bond acceptors (Lipinski definition) is 5.